The third kappa shape index (κ3) is 2.39. The second-order valence-electron chi connectivity index (χ2n) is 3.83. The minimum atomic E-state index is 0.281. The van der Waals surface area contributed by atoms with Crippen LogP contribution in [0.5, 0.6) is 0 Å². The first-order chi connectivity index (χ1) is 7.29. The van der Waals surface area contributed by atoms with Gasteiger partial charge in [0.15, 0.2) is 0 Å². The van der Waals surface area contributed by atoms with E-state index in [0.717, 1.165) is 24.4 Å². The van der Waals surface area contributed by atoms with E-state index in [0.29, 0.717) is 6.04 Å². The van der Waals surface area contributed by atoms with Crippen LogP contribution < -0.4 is 10.6 Å². The number of nitrogens with one attached hydrogen (secondary N) is 2. The van der Waals surface area contributed by atoms with Crippen LogP contribution in [-0.2, 0) is 4.74 Å². The van der Waals surface area contributed by atoms with Gasteiger partial charge in [-0.1, -0.05) is 0 Å². The number of hydrogen-bond donors (Lipinski definition) is 2. The van der Waals surface area contributed by atoms with Crippen molar-refractivity contribution < 1.29 is 4.74 Å². The molecule has 1 aliphatic rings. The maximum Gasteiger partial charge on any atom is 0.0748 e. The first kappa shape index (κ1) is 10.2. The molecule has 2 N–H and O–H groups in total. The normalized spacial score (nSPS) is 25.2. The molecule has 2 heterocycles. The Balaban J connectivity index is 2.03. The van der Waals surface area contributed by atoms with Crippen molar-refractivity contribution in [3.8, 4) is 0 Å². The van der Waals surface area contributed by atoms with Crippen LogP contribution in [0.25, 0.3) is 0 Å². The average Bonchev–Trinajstić information content (AvgIpc) is 2.65. The van der Waals surface area contributed by atoms with Crippen molar-refractivity contribution in [1.29, 1.82) is 0 Å². The zero-order valence-electron chi connectivity index (χ0n) is 9.16. The first-order valence-electron chi connectivity index (χ1n) is 5.30. The first-order valence-corrected chi connectivity index (χ1v) is 5.30. The summed E-state index contributed by atoms with van der Waals surface area (Å²) < 4.78 is 5.50. The quantitative estimate of drug-likeness (QED) is 0.792. The van der Waals surface area contributed by atoms with Gasteiger partial charge in [0.25, 0.3) is 0 Å². The zero-order chi connectivity index (χ0) is 10.7. The van der Waals surface area contributed by atoms with Gasteiger partial charge in [-0.05, 0) is 19.4 Å². The maximum absolute atomic E-state index is 5.50. The van der Waals surface area contributed by atoms with Gasteiger partial charge in [-0.3, -0.25) is 4.98 Å². The standard InChI is InChI=1S/C11H17N3O/c1-8-11(3-4-15-8)14-10-5-9(12-2)6-13-7-10/h5-8,11-12,14H,3-4H2,1-2H3. The number of ether oxygens (including phenoxy) is 1. The Morgan fingerprint density at radius 2 is 2.20 bits per heavy atom. The van der Waals surface area contributed by atoms with Crippen molar-refractivity contribution in [2.24, 2.45) is 0 Å². The van der Waals surface area contributed by atoms with Crippen LogP contribution in [0.2, 0.25) is 0 Å². The lowest BCUT2D eigenvalue weighted by Gasteiger charge is -2.17. The van der Waals surface area contributed by atoms with Crippen molar-refractivity contribution in [2.75, 3.05) is 24.3 Å². The van der Waals surface area contributed by atoms with Crippen LogP contribution in [-0.4, -0.2) is 30.8 Å². The van der Waals surface area contributed by atoms with E-state index in [4.69, 9.17) is 4.74 Å². The molecule has 0 saturated carbocycles. The van der Waals surface area contributed by atoms with Gasteiger partial charge in [-0.2, -0.15) is 0 Å². The smallest absolute Gasteiger partial charge is 0.0748 e. The monoisotopic (exact) mass is 207 g/mol. The molecular weight excluding hydrogens is 190 g/mol. The summed E-state index contributed by atoms with van der Waals surface area (Å²) >= 11 is 0. The molecule has 4 nitrogen and oxygen atoms in total. The Hall–Kier alpha value is -1.29. The summed E-state index contributed by atoms with van der Waals surface area (Å²) in [4.78, 5) is 4.16. The van der Waals surface area contributed by atoms with E-state index in [2.05, 4.69) is 28.6 Å². The Morgan fingerprint density at radius 1 is 1.40 bits per heavy atom. The van der Waals surface area contributed by atoms with Crippen molar-refractivity contribution >= 4 is 11.4 Å². The van der Waals surface area contributed by atoms with Gasteiger partial charge in [0.2, 0.25) is 0 Å². The van der Waals surface area contributed by atoms with Crippen molar-refractivity contribution in [1.82, 2.24) is 4.98 Å². The number of anilines is 2. The van der Waals surface area contributed by atoms with Crippen LogP contribution >= 0.6 is 0 Å². The van der Waals surface area contributed by atoms with Crippen LogP contribution in [0.4, 0.5) is 11.4 Å². The van der Waals surface area contributed by atoms with E-state index in [1.165, 1.54) is 0 Å². The Labute approximate surface area is 90.0 Å². The number of aromatic nitrogens is 1. The number of hydrogen-bond acceptors (Lipinski definition) is 4. The minimum Gasteiger partial charge on any atom is -0.387 e. The summed E-state index contributed by atoms with van der Waals surface area (Å²) in [5, 5.41) is 6.51. The lowest BCUT2D eigenvalue weighted by Crippen LogP contribution is -2.26. The number of pyridine rings is 1. The van der Waals surface area contributed by atoms with Gasteiger partial charge in [0.05, 0.1) is 35.9 Å². The molecule has 0 aromatic carbocycles. The van der Waals surface area contributed by atoms with E-state index in [9.17, 15) is 0 Å². The van der Waals surface area contributed by atoms with E-state index in [1.54, 1.807) is 6.20 Å². The summed E-state index contributed by atoms with van der Waals surface area (Å²) in [6, 6.07) is 2.46. The molecule has 0 radical (unpaired) electrons. The van der Waals surface area contributed by atoms with Crippen LogP contribution in [0, 0.1) is 0 Å². The third-order valence-electron chi connectivity index (χ3n) is 2.76. The molecule has 1 fully saturated rings. The van der Waals surface area contributed by atoms with E-state index >= 15 is 0 Å². The molecule has 2 unspecified atom stereocenters. The SMILES string of the molecule is CNc1cncc(NC2CCOC2C)c1. The van der Waals surface area contributed by atoms with Gasteiger partial charge in [-0.15, -0.1) is 0 Å². The van der Waals surface area contributed by atoms with Gasteiger partial charge in [0.1, 0.15) is 0 Å². The highest BCUT2D eigenvalue weighted by molar-refractivity contribution is 5.54. The average molecular weight is 207 g/mol. The topological polar surface area (TPSA) is 46.2 Å². The fourth-order valence-electron chi connectivity index (χ4n) is 1.79. The predicted molar refractivity (Wildman–Crippen MR) is 61.2 cm³/mol. The molecule has 1 aromatic rings. The number of nitrogens with zero attached hydrogens (tertiary/aromatic N) is 1. The molecule has 1 aliphatic heterocycles. The van der Waals surface area contributed by atoms with E-state index in [-0.39, 0.29) is 6.10 Å². The third-order valence-corrected chi connectivity index (χ3v) is 2.76. The summed E-state index contributed by atoms with van der Waals surface area (Å²) in [6.45, 7) is 2.94. The Bertz CT molecular complexity index is 329. The molecule has 0 aliphatic carbocycles. The van der Waals surface area contributed by atoms with Gasteiger partial charge in [-0.25, -0.2) is 0 Å². The number of rotatable bonds is 3. The molecule has 2 rings (SSSR count). The summed E-state index contributed by atoms with van der Waals surface area (Å²) in [7, 11) is 1.89. The summed E-state index contributed by atoms with van der Waals surface area (Å²) in [5.74, 6) is 0. The molecule has 1 aromatic heterocycles. The second-order valence-corrected chi connectivity index (χ2v) is 3.83. The summed E-state index contributed by atoms with van der Waals surface area (Å²) in [5.41, 5.74) is 2.07. The lowest BCUT2D eigenvalue weighted by atomic mass is 10.1. The van der Waals surface area contributed by atoms with Crippen LogP contribution in [0.1, 0.15) is 13.3 Å². The Morgan fingerprint density at radius 3 is 2.87 bits per heavy atom. The molecule has 1 saturated heterocycles. The fourth-order valence-corrected chi connectivity index (χ4v) is 1.79. The van der Waals surface area contributed by atoms with Gasteiger partial charge >= 0.3 is 0 Å². The molecule has 0 bridgehead atoms. The van der Waals surface area contributed by atoms with Crippen LogP contribution in [0.3, 0.4) is 0 Å². The zero-order valence-corrected chi connectivity index (χ0v) is 9.16. The molecule has 82 valence electrons. The lowest BCUT2D eigenvalue weighted by molar-refractivity contribution is 0.121. The largest absolute Gasteiger partial charge is 0.387 e. The van der Waals surface area contributed by atoms with Crippen molar-refractivity contribution in [2.45, 2.75) is 25.5 Å². The minimum absolute atomic E-state index is 0.281. The van der Waals surface area contributed by atoms with E-state index in [1.807, 2.05) is 13.2 Å². The highest BCUT2D eigenvalue weighted by Gasteiger charge is 2.23. The van der Waals surface area contributed by atoms with Crippen LogP contribution in [0.15, 0.2) is 18.5 Å². The molecule has 4 heteroatoms. The predicted octanol–water partition coefficient (Wildman–Crippen LogP) is 1.71. The van der Waals surface area contributed by atoms with E-state index < -0.39 is 0 Å². The molecular formula is C11H17N3O. The molecule has 15 heavy (non-hydrogen) atoms. The van der Waals surface area contributed by atoms with Crippen molar-refractivity contribution in [3.05, 3.63) is 18.5 Å². The molecule has 2 atom stereocenters. The maximum atomic E-state index is 5.50. The van der Waals surface area contributed by atoms with Gasteiger partial charge in [0, 0.05) is 13.7 Å². The highest BCUT2D eigenvalue weighted by Crippen LogP contribution is 2.19. The molecule has 0 spiro atoms. The van der Waals surface area contributed by atoms with Gasteiger partial charge < -0.3 is 15.4 Å². The molecule has 0 amide bonds. The summed E-state index contributed by atoms with van der Waals surface area (Å²) in [6.07, 6.45) is 4.99. The second kappa shape index (κ2) is 4.49. The fraction of sp³-hybridized carbons (Fsp3) is 0.545. The highest BCUT2D eigenvalue weighted by atomic mass is 16.5. The van der Waals surface area contributed by atoms with Crippen molar-refractivity contribution in [3.63, 3.8) is 0 Å². The Kier molecular flexibility index (Phi) is 3.06.